The number of para-hydroxylation sites is 2. The zero-order valence-electron chi connectivity index (χ0n) is 16.0. The maximum atomic E-state index is 13.0. The predicted octanol–water partition coefficient (Wildman–Crippen LogP) is 3.84. The van der Waals surface area contributed by atoms with Gasteiger partial charge in [-0.1, -0.05) is 12.1 Å². The summed E-state index contributed by atoms with van der Waals surface area (Å²) in [6.45, 7) is 3.69. The Hall–Kier alpha value is -2.19. The van der Waals surface area contributed by atoms with Crippen LogP contribution in [0.25, 0.3) is 0 Å². The lowest BCUT2D eigenvalue weighted by molar-refractivity contribution is 0.0789. The molecule has 0 saturated carbocycles. The summed E-state index contributed by atoms with van der Waals surface area (Å²) in [6, 6.07) is 11.6. The van der Waals surface area contributed by atoms with Gasteiger partial charge in [-0.25, -0.2) is 8.42 Å². The van der Waals surface area contributed by atoms with Crippen LogP contribution in [-0.2, 0) is 10.0 Å². The number of nitrogens with one attached hydrogen (secondary N) is 1. The molecule has 0 aromatic heterocycles. The molecule has 8 heteroatoms. The van der Waals surface area contributed by atoms with Crippen molar-refractivity contribution in [3.63, 3.8) is 0 Å². The third-order valence-corrected chi connectivity index (χ3v) is 6.70. The molecule has 1 aliphatic rings. The third kappa shape index (κ3) is 4.44. The Morgan fingerprint density at radius 3 is 2.57 bits per heavy atom. The van der Waals surface area contributed by atoms with Gasteiger partial charge >= 0.3 is 0 Å². The minimum absolute atomic E-state index is 0.0548. The van der Waals surface area contributed by atoms with Gasteiger partial charge in [0.05, 0.1) is 22.8 Å². The number of amides is 1. The van der Waals surface area contributed by atoms with E-state index in [0.29, 0.717) is 36.7 Å². The number of hydrogen-bond acceptors (Lipinski definition) is 5. The number of thioether (sulfide) groups is 1. The van der Waals surface area contributed by atoms with Crippen LogP contribution in [0.1, 0.15) is 30.1 Å². The second-order valence-corrected chi connectivity index (χ2v) is 8.93. The number of likely N-dealkylation sites (tertiary alicyclic amines) is 1. The van der Waals surface area contributed by atoms with Crippen LogP contribution in [0.4, 0.5) is 5.69 Å². The molecule has 1 aliphatic heterocycles. The van der Waals surface area contributed by atoms with Crippen LogP contribution in [-0.4, -0.2) is 45.2 Å². The summed E-state index contributed by atoms with van der Waals surface area (Å²) in [5, 5.41) is 0. The number of carbonyl (C=O) groups excluding carboxylic acids is 1. The fourth-order valence-corrected chi connectivity index (χ4v) is 4.81. The zero-order valence-corrected chi connectivity index (χ0v) is 17.6. The quantitative estimate of drug-likeness (QED) is 0.689. The first-order valence-corrected chi connectivity index (χ1v) is 11.9. The van der Waals surface area contributed by atoms with Gasteiger partial charge in [-0.15, -0.1) is 11.8 Å². The molecule has 0 spiro atoms. The van der Waals surface area contributed by atoms with Crippen molar-refractivity contribution >= 4 is 33.4 Å². The van der Waals surface area contributed by atoms with Crippen LogP contribution < -0.4 is 9.46 Å². The third-order valence-electron chi connectivity index (χ3n) is 4.54. The average molecular weight is 421 g/mol. The van der Waals surface area contributed by atoms with Crippen molar-refractivity contribution in [2.45, 2.75) is 29.6 Å². The Balaban J connectivity index is 1.94. The van der Waals surface area contributed by atoms with Crippen molar-refractivity contribution < 1.29 is 17.9 Å². The van der Waals surface area contributed by atoms with Crippen molar-refractivity contribution in [2.24, 2.45) is 0 Å². The molecule has 1 saturated heterocycles. The van der Waals surface area contributed by atoms with Gasteiger partial charge in [-0.2, -0.15) is 0 Å². The molecule has 0 bridgehead atoms. The van der Waals surface area contributed by atoms with Crippen molar-refractivity contribution in [3.05, 3.63) is 48.0 Å². The van der Waals surface area contributed by atoms with Crippen LogP contribution in [0.2, 0.25) is 0 Å². The molecule has 2 aromatic rings. The summed E-state index contributed by atoms with van der Waals surface area (Å²) >= 11 is 1.43. The van der Waals surface area contributed by atoms with Gasteiger partial charge in [0.2, 0.25) is 0 Å². The van der Waals surface area contributed by atoms with Crippen molar-refractivity contribution in [2.75, 3.05) is 30.7 Å². The summed E-state index contributed by atoms with van der Waals surface area (Å²) in [5.74, 6) is 0.344. The second kappa shape index (κ2) is 8.87. The Labute approximate surface area is 170 Å². The highest BCUT2D eigenvalue weighted by Gasteiger charge is 2.25. The van der Waals surface area contributed by atoms with E-state index in [-0.39, 0.29) is 10.8 Å². The number of rotatable bonds is 7. The van der Waals surface area contributed by atoms with Gasteiger partial charge in [0.15, 0.2) is 0 Å². The van der Waals surface area contributed by atoms with Crippen LogP contribution in [0.5, 0.6) is 5.75 Å². The van der Waals surface area contributed by atoms with Gasteiger partial charge in [0.25, 0.3) is 15.9 Å². The fourth-order valence-electron chi connectivity index (χ4n) is 3.15. The lowest BCUT2D eigenvalue weighted by atomic mass is 10.2. The highest BCUT2D eigenvalue weighted by atomic mass is 32.2. The predicted molar refractivity (Wildman–Crippen MR) is 112 cm³/mol. The van der Waals surface area contributed by atoms with E-state index in [0.717, 1.165) is 17.7 Å². The Bertz CT molecular complexity index is 954. The first-order chi connectivity index (χ1) is 13.5. The van der Waals surface area contributed by atoms with Gasteiger partial charge in [-0.05, 0) is 56.4 Å². The standard InChI is InChI=1S/C20H24N2O4S2/c1-3-26-18-9-5-4-8-17(18)21-28(24,25)15-10-11-19(27-2)16(14-15)20(23)22-12-6-7-13-22/h4-5,8-11,14,21H,3,6-7,12-13H2,1-2H3. The molecular weight excluding hydrogens is 396 g/mol. The maximum Gasteiger partial charge on any atom is 0.262 e. The van der Waals surface area contributed by atoms with Gasteiger partial charge in [0.1, 0.15) is 5.75 Å². The van der Waals surface area contributed by atoms with Crippen molar-refractivity contribution in [1.82, 2.24) is 4.90 Å². The van der Waals surface area contributed by atoms with E-state index < -0.39 is 10.0 Å². The molecule has 0 aliphatic carbocycles. The number of hydrogen-bond donors (Lipinski definition) is 1. The van der Waals surface area contributed by atoms with E-state index in [1.807, 2.05) is 13.2 Å². The molecule has 3 rings (SSSR count). The molecule has 0 radical (unpaired) electrons. The van der Waals surface area contributed by atoms with Crippen LogP contribution in [0, 0.1) is 0 Å². The highest BCUT2D eigenvalue weighted by Crippen LogP contribution is 2.29. The van der Waals surface area contributed by atoms with Crippen LogP contribution in [0.3, 0.4) is 0 Å². The monoisotopic (exact) mass is 420 g/mol. The SMILES string of the molecule is CCOc1ccccc1NS(=O)(=O)c1ccc(SC)c(C(=O)N2CCCC2)c1. The maximum absolute atomic E-state index is 13.0. The topological polar surface area (TPSA) is 75.7 Å². The molecule has 150 valence electrons. The Kier molecular flexibility index (Phi) is 6.51. The average Bonchev–Trinajstić information content (AvgIpc) is 3.23. The molecule has 1 fully saturated rings. The fraction of sp³-hybridized carbons (Fsp3) is 0.350. The van der Waals surface area contributed by atoms with E-state index in [4.69, 9.17) is 4.74 Å². The molecule has 28 heavy (non-hydrogen) atoms. The smallest absolute Gasteiger partial charge is 0.262 e. The lowest BCUT2D eigenvalue weighted by Crippen LogP contribution is -2.28. The van der Waals surface area contributed by atoms with E-state index >= 15 is 0 Å². The number of sulfonamides is 1. The summed E-state index contributed by atoms with van der Waals surface area (Å²) in [5.41, 5.74) is 0.793. The molecule has 1 amide bonds. The lowest BCUT2D eigenvalue weighted by Gasteiger charge is -2.18. The number of anilines is 1. The van der Waals surface area contributed by atoms with E-state index in [1.54, 1.807) is 35.2 Å². The molecular formula is C20H24N2O4S2. The molecule has 0 atom stereocenters. The molecule has 6 nitrogen and oxygen atoms in total. The van der Waals surface area contributed by atoms with Gasteiger partial charge in [-0.3, -0.25) is 9.52 Å². The Morgan fingerprint density at radius 1 is 1.18 bits per heavy atom. The van der Waals surface area contributed by atoms with E-state index in [1.165, 1.54) is 23.9 Å². The molecule has 0 unspecified atom stereocenters. The van der Waals surface area contributed by atoms with E-state index in [9.17, 15) is 13.2 Å². The van der Waals surface area contributed by atoms with Crippen molar-refractivity contribution in [1.29, 1.82) is 0 Å². The zero-order chi connectivity index (χ0) is 20.1. The minimum atomic E-state index is -3.87. The first kappa shape index (κ1) is 20.5. The van der Waals surface area contributed by atoms with Crippen LogP contribution >= 0.6 is 11.8 Å². The van der Waals surface area contributed by atoms with Crippen LogP contribution in [0.15, 0.2) is 52.3 Å². The number of nitrogens with zero attached hydrogens (tertiary/aromatic N) is 1. The number of carbonyl (C=O) groups is 1. The van der Waals surface area contributed by atoms with Gasteiger partial charge < -0.3 is 9.64 Å². The first-order valence-electron chi connectivity index (χ1n) is 9.18. The van der Waals surface area contributed by atoms with Gasteiger partial charge in [0, 0.05) is 18.0 Å². The summed E-state index contributed by atoms with van der Waals surface area (Å²) in [4.78, 5) is 15.5. The minimum Gasteiger partial charge on any atom is -0.492 e. The molecule has 1 N–H and O–H groups in total. The largest absolute Gasteiger partial charge is 0.492 e. The van der Waals surface area contributed by atoms with E-state index in [2.05, 4.69) is 4.72 Å². The normalized spacial score (nSPS) is 14.1. The summed E-state index contributed by atoms with van der Waals surface area (Å²) < 4.78 is 34.0. The number of ether oxygens (including phenoxy) is 1. The van der Waals surface area contributed by atoms with Crippen molar-refractivity contribution in [3.8, 4) is 5.75 Å². The summed E-state index contributed by atoms with van der Waals surface area (Å²) in [7, 11) is -3.87. The second-order valence-electron chi connectivity index (χ2n) is 6.40. The Morgan fingerprint density at radius 2 is 1.89 bits per heavy atom. The molecule has 2 aromatic carbocycles. The molecule has 1 heterocycles. The summed E-state index contributed by atoms with van der Waals surface area (Å²) in [6.07, 6.45) is 3.84. The highest BCUT2D eigenvalue weighted by molar-refractivity contribution is 7.98. The number of benzene rings is 2.